The summed E-state index contributed by atoms with van der Waals surface area (Å²) in [5.74, 6) is 0.964. The summed E-state index contributed by atoms with van der Waals surface area (Å²) >= 11 is 1.40. The van der Waals surface area contributed by atoms with Crippen molar-refractivity contribution < 1.29 is 4.79 Å². The van der Waals surface area contributed by atoms with E-state index in [1.54, 1.807) is 5.51 Å². The molecule has 0 aliphatic carbocycles. The van der Waals surface area contributed by atoms with Crippen LogP contribution in [0, 0.1) is 6.92 Å². The number of thiazole rings is 1. The Morgan fingerprint density at radius 3 is 3.00 bits per heavy atom. The van der Waals surface area contributed by atoms with Crippen LogP contribution < -0.4 is 4.90 Å². The van der Waals surface area contributed by atoms with E-state index in [0.717, 1.165) is 46.3 Å². The van der Waals surface area contributed by atoms with Gasteiger partial charge >= 0.3 is 0 Å². The van der Waals surface area contributed by atoms with E-state index >= 15 is 0 Å². The zero-order valence-corrected chi connectivity index (χ0v) is 15.4. The topological polar surface area (TPSA) is 66.6 Å². The number of fused-ring (bicyclic) bond motifs is 3. The third kappa shape index (κ3) is 2.66. The second-order valence-corrected chi connectivity index (χ2v) is 7.09. The first-order valence-electron chi connectivity index (χ1n) is 8.36. The molecule has 0 fully saturated rings. The van der Waals surface area contributed by atoms with Gasteiger partial charge in [0.25, 0.3) is 5.91 Å². The number of rotatable bonds is 3. The number of carbonyl (C=O) groups excluding carboxylic acids is 1. The summed E-state index contributed by atoms with van der Waals surface area (Å²) < 4.78 is 1.82. The molecule has 1 amide bonds. The van der Waals surface area contributed by atoms with Crippen LogP contribution in [-0.4, -0.2) is 50.5 Å². The van der Waals surface area contributed by atoms with E-state index in [0.29, 0.717) is 13.1 Å². The van der Waals surface area contributed by atoms with Gasteiger partial charge in [0.1, 0.15) is 10.7 Å². The maximum absolute atomic E-state index is 12.8. The first kappa shape index (κ1) is 16.0. The Morgan fingerprint density at radius 1 is 1.44 bits per heavy atom. The molecule has 3 aromatic rings. The van der Waals surface area contributed by atoms with E-state index in [1.165, 1.54) is 11.3 Å². The summed E-state index contributed by atoms with van der Waals surface area (Å²) in [4.78, 5) is 26.5. The molecule has 4 heterocycles. The molecule has 130 valence electrons. The number of nitrogens with zero attached hydrogens (tertiary/aromatic N) is 6. The molecule has 0 unspecified atom stereocenters. The van der Waals surface area contributed by atoms with Gasteiger partial charge in [-0.15, -0.1) is 11.3 Å². The Kier molecular flexibility index (Phi) is 3.91. The van der Waals surface area contributed by atoms with Gasteiger partial charge < -0.3 is 9.80 Å². The van der Waals surface area contributed by atoms with Crippen molar-refractivity contribution in [1.82, 2.24) is 24.5 Å². The molecule has 3 aromatic heterocycles. The number of carbonyl (C=O) groups is 1. The van der Waals surface area contributed by atoms with Crippen molar-refractivity contribution in [2.75, 3.05) is 25.0 Å². The fourth-order valence-electron chi connectivity index (χ4n) is 3.08. The normalized spacial score (nSPS) is 14.0. The van der Waals surface area contributed by atoms with Crippen LogP contribution in [0.2, 0.25) is 0 Å². The summed E-state index contributed by atoms with van der Waals surface area (Å²) in [6.45, 7) is 6.07. The van der Waals surface area contributed by atoms with Gasteiger partial charge in [-0.25, -0.2) is 14.5 Å². The lowest BCUT2D eigenvalue weighted by molar-refractivity contribution is 0.0739. The van der Waals surface area contributed by atoms with Crippen molar-refractivity contribution in [2.24, 2.45) is 0 Å². The van der Waals surface area contributed by atoms with Crippen LogP contribution in [-0.2, 0) is 13.0 Å². The molecule has 4 rings (SSSR count). The fraction of sp³-hybridized carbons (Fsp3) is 0.412. The molecule has 1 aliphatic rings. The first-order chi connectivity index (χ1) is 12.1. The number of anilines is 1. The highest BCUT2D eigenvalue weighted by Crippen LogP contribution is 2.26. The highest BCUT2D eigenvalue weighted by Gasteiger charge is 2.28. The summed E-state index contributed by atoms with van der Waals surface area (Å²) in [7, 11) is 2.02. The number of aryl methyl sites for hydroxylation is 1. The van der Waals surface area contributed by atoms with Gasteiger partial charge in [0.15, 0.2) is 5.65 Å². The Bertz CT molecular complexity index is 946. The van der Waals surface area contributed by atoms with Crippen LogP contribution in [0.3, 0.4) is 0 Å². The summed E-state index contributed by atoms with van der Waals surface area (Å²) in [5, 5.41) is 4.64. The molecular weight excluding hydrogens is 336 g/mol. The lowest BCUT2D eigenvalue weighted by atomic mass is 10.1. The fourth-order valence-corrected chi connectivity index (χ4v) is 3.85. The molecule has 0 bridgehead atoms. The predicted molar refractivity (Wildman–Crippen MR) is 97.2 cm³/mol. The largest absolute Gasteiger partial charge is 0.360 e. The van der Waals surface area contributed by atoms with E-state index in [2.05, 4.69) is 21.9 Å². The van der Waals surface area contributed by atoms with E-state index in [9.17, 15) is 4.79 Å². The monoisotopic (exact) mass is 356 g/mol. The average molecular weight is 356 g/mol. The lowest BCUT2D eigenvalue weighted by Gasteiger charge is -2.26. The number of aromatic nitrogens is 4. The highest BCUT2D eigenvalue weighted by molar-refractivity contribution is 7.11. The minimum Gasteiger partial charge on any atom is -0.360 e. The zero-order chi connectivity index (χ0) is 17.6. The smallest absolute Gasteiger partial charge is 0.266 e. The van der Waals surface area contributed by atoms with Gasteiger partial charge in [-0.05, 0) is 19.9 Å². The third-order valence-electron chi connectivity index (χ3n) is 4.71. The minimum atomic E-state index is 0.0480. The molecule has 0 radical (unpaired) electrons. The quantitative estimate of drug-likeness (QED) is 0.719. The maximum atomic E-state index is 12.8. The van der Waals surface area contributed by atoms with Crippen LogP contribution in [0.5, 0.6) is 0 Å². The Hall–Kier alpha value is -2.48. The second-order valence-electron chi connectivity index (χ2n) is 6.24. The van der Waals surface area contributed by atoms with Crippen molar-refractivity contribution in [3.63, 3.8) is 0 Å². The molecule has 1 aliphatic heterocycles. The molecule has 0 N–H and O–H groups in total. The van der Waals surface area contributed by atoms with Gasteiger partial charge in [0, 0.05) is 38.3 Å². The van der Waals surface area contributed by atoms with Crippen molar-refractivity contribution in [1.29, 1.82) is 0 Å². The van der Waals surface area contributed by atoms with E-state index in [4.69, 9.17) is 4.98 Å². The highest BCUT2D eigenvalue weighted by atomic mass is 32.1. The standard InChI is InChI=1S/C17H20N6OS/c1-4-21(3)14-6-8-23-16(19-14)12-9-22(7-5-13(12)20-23)17(24)15-11(2)18-10-25-15/h6,8,10H,4-5,7,9H2,1-3H3. The van der Waals surface area contributed by atoms with E-state index in [-0.39, 0.29) is 5.91 Å². The van der Waals surface area contributed by atoms with Gasteiger partial charge in [0.05, 0.1) is 23.4 Å². The van der Waals surface area contributed by atoms with Crippen molar-refractivity contribution in [3.05, 3.63) is 39.6 Å². The molecule has 0 aromatic carbocycles. The minimum absolute atomic E-state index is 0.0480. The van der Waals surface area contributed by atoms with E-state index in [1.807, 2.05) is 35.6 Å². The zero-order valence-electron chi connectivity index (χ0n) is 14.6. The first-order valence-corrected chi connectivity index (χ1v) is 9.24. The van der Waals surface area contributed by atoms with Crippen LogP contribution >= 0.6 is 11.3 Å². The molecule has 7 nitrogen and oxygen atoms in total. The lowest BCUT2D eigenvalue weighted by Crippen LogP contribution is -2.35. The molecule has 0 saturated heterocycles. The Morgan fingerprint density at radius 2 is 2.28 bits per heavy atom. The van der Waals surface area contributed by atoms with Crippen molar-refractivity contribution in [3.8, 4) is 0 Å². The van der Waals surface area contributed by atoms with E-state index < -0.39 is 0 Å². The molecule has 25 heavy (non-hydrogen) atoms. The molecular formula is C17H20N6OS. The third-order valence-corrected chi connectivity index (χ3v) is 5.63. The van der Waals surface area contributed by atoms with Gasteiger partial charge in [-0.2, -0.15) is 5.10 Å². The van der Waals surface area contributed by atoms with Crippen LogP contribution in [0.15, 0.2) is 17.8 Å². The van der Waals surface area contributed by atoms with Gasteiger partial charge in [-0.1, -0.05) is 0 Å². The number of hydrogen-bond acceptors (Lipinski definition) is 6. The number of hydrogen-bond donors (Lipinski definition) is 0. The summed E-state index contributed by atoms with van der Waals surface area (Å²) in [6.07, 6.45) is 2.70. The molecule has 0 spiro atoms. The predicted octanol–water partition coefficient (Wildman–Crippen LogP) is 2.15. The maximum Gasteiger partial charge on any atom is 0.266 e. The van der Waals surface area contributed by atoms with Crippen molar-refractivity contribution >= 4 is 28.7 Å². The SMILES string of the molecule is CCN(C)c1ccn2nc3c(c2n1)CN(C(=O)c1scnc1C)CC3. The molecule has 0 atom stereocenters. The number of amides is 1. The molecule has 0 saturated carbocycles. The summed E-state index contributed by atoms with van der Waals surface area (Å²) in [6, 6.07) is 1.97. The van der Waals surface area contributed by atoms with Crippen LogP contribution in [0.25, 0.3) is 5.65 Å². The summed E-state index contributed by atoms with van der Waals surface area (Å²) in [5.41, 5.74) is 5.45. The molecule has 8 heteroatoms. The van der Waals surface area contributed by atoms with Crippen molar-refractivity contribution in [2.45, 2.75) is 26.8 Å². The Labute approximate surface area is 149 Å². The van der Waals surface area contributed by atoms with Gasteiger partial charge in [0.2, 0.25) is 0 Å². The average Bonchev–Trinajstić information content (AvgIpc) is 3.22. The van der Waals surface area contributed by atoms with Gasteiger partial charge in [-0.3, -0.25) is 4.79 Å². The van der Waals surface area contributed by atoms with Crippen LogP contribution in [0.4, 0.5) is 5.82 Å². The van der Waals surface area contributed by atoms with Crippen LogP contribution in [0.1, 0.15) is 33.5 Å². The second kappa shape index (κ2) is 6.11. The Balaban J connectivity index is 1.69.